The number of nitrogens with zero attached hydrogens (tertiary/aromatic N) is 2. The number of nitrogens with one attached hydrogen (secondary N) is 1. The third kappa shape index (κ3) is 2.69. The molecule has 1 amide bonds. The minimum atomic E-state index is -0.000926. The second-order valence-electron chi connectivity index (χ2n) is 4.59. The molecule has 4 nitrogen and oxygen atoms in total. The summed E-state index contributed by atoms with van der Waals surface area (Å²) in [4.78, 5) is 14.1. The first kappa shape index (κ1) is 12.6. The lowest BCUT2D eigenvalue weighted by atomic mass is 10.0. The first-order valence-electron chi connectivity index (χ1n) is 6.20. The van der Waals surface area contributed by atoms with E-state index in [4.69, 9.17) is 5.26 Å². The lowest BCUT2D eigenvalue weighted by Crippen LogP contribution is -2.43. The van der Waals surface area contributed by atoms with Gasteiger partial charge in [0.05, 0.1) is 11.6 Å². The highest BCUT2D eigenvalue weighted by atomic mass is 16.2. The zero-order valence-corrected chi connectivity index (χ0v) is 10.5. The maximum Gasteiger partial charge on any atom is 0.253 e. The third-order valence-corrected chi connectivity index (χ3v) is 3.42. The van der Waals surface area contributed by atoms with Crippen LogP contribution in [0.1, 0.15) is 28.8 Å². The molecular weight excluding hydrogens is 226 g/mol. The summed E-state index contributed by atoms with van der Waals surface area (Å²) in [6.45, 7) is 1.92. The Morgan fingerprint density at radius 3 is 2.83 bits per heavy atom. The molecule has 1 aliphatic heterocycles. The van der Waals surface area contributed by atoms with Crippen LogP contribution in [0, 0.1) is 11.3 Å². The number of carbonyl (C=O) groups is 1. The molecule has 0 radical (unpaired) electrons. The molecule has 1 aromatic rings. The standard InChI is InChI=1S/C14H17N3O/c1-17(13-5-7-16-8-6-13)14(18)12-4-2-3-11(9-12)10-15/h2-4,9,13,16H,5-8H2,1H3. The normalized spacial score (nSPS) is 16.0. The molecule has 18 heavy (non-hydrogen) atoms. The van der Waals surface area contributed by atoms with Gasteiger partial charge in [0.15, 0.2) is 0 Å². The molecule has 0 spiro atoms. The van der Waals surface area contributed by atoms with Crippen molar-refractivity contribution in [2.75, 3.05) is 20.1 Å². The van der Waals surface area contributed by atoms with E-state index in [1.165, 1.54) is 0 Å². The first-order valence-corrected chi connectivity index (χ1v) is 6.20. The Labute approximate surface area is 107 Å². The minimum Gasteiger partial charge on any atom is -0.339 e. The van der Waals surface area contributed by atoms with Gasteiger partial charge >= 0.3 is 0 Å². The lowest BCUT2D eigenvalue weighted by molar-refractivity contribution is 0.0703. The molecule has 0 bridgehead atoms. The van der Waals surface area contributed by atoms with Crippen LogP contribution in [0.4, 0.5) is 0 Å². The van der Waals surface area contributed by atoms with E-state index in [2.05, 4.69) is 11.4 Å². The number of hydrogen-bond donors (Lipinski definition) is 1. The molecule has 1 fully saturated rings. The molecule has 0 unspecified atom stereocenters. The minimum absolute atomic E-state index is 0.000926. The molecule has 1 N–H and O–H groups in total. The molecule has 0 aromatic heterocycles. The third-order valence-electron chi connectivity index (χ3n) is 3.42. The summed E-state index contributed by atoms with van der Waals surface area (Å²) in [7, 11) is 1.84. The van der Waals surface area contributed by atoms with Gasteiger partial charge in [-0.05, 0) is 44.1 Å². The maximum atomic E-state index is 12.3. The smallest absolute Gasteiger partial charge is 0.253 e. The van der Waals surface area contributed by atoms with E-state index in [-0.39, 0.29) is 5.91 Å². The second-order valence-corrected chi connectivity index (χ2v) is 4.59. The van der Waals surface area contributed by atoms with E-state index in [0.29, 0.717) is 17.2 Å². The molecular formula is C14H17N3O. The molecule has 2 rings (SSSR count). The molecule has 0 saturated carbocycles. The van der Waals surface area contributed by atoms with Crippen LogP contribution in [0.15, 0.2) is 24.3 Å². The van der Waals surface area contributed by atoms with Crippen molar-refractivity contribution in [1.82, 2.24) is 10.2 Å². The Balaban J connectivity index is 2.12. The van der Waals surface area contributed by atoms with Gasteiger partial charge in [0.1, 0.15) is 0 Å². The van der Waals surface area contributed by atoms with E-state index in [1.54, 1.807) is 29.2 Å². The number of nitriles is 1. The average molecular weight is 243 g/mol. The summed E-state index contributed by atoms with van der Waals surface area (Å²) in [5.74, 6) is -0.000926. The van der Waals surface area contributed by atoms with Crippen LogP contribution in [-0.2, 0) is 0 Å². The molecule has 1 heterocycles. The van der Waals surface area contributed by atoms with Crippen LogP contribution in [0.2, 0.25) is 0 Å². The van der Waals surface area contributed by atoms with E-state index >= 15 is 0 Å². The van der Waals surface area contributed by atoms with E-state index in [1.807, 2.05) is 7.05 Å². The SMILES string of the molecule is CN(C(=O)c1cccc(C#N)c1)C1CCNCC1. The predicted octanol–water partition coefficient (Wildman–Crippen LogP) is 1.38. The highest BCUT2D eigenvalue weighted by Gasteiger charge is 2.22. The summed E-state index contributed by atoms with van der Waals surface area (Å²) in [5, 5.41) is 12.1. The van der Waals surface area contributed by atoms with Crippen LogP contribution >= 0.6 is 0 Å². The number of rotatable bonds is 2. The summed E-state index contributed by atoms with van der Waals surface area (Å²) in [6.07, 6.45) is 1.97. The average Bonchev–Trinajstić information content (AvgIpc) is 2.46. The fraction of sp³-hybridized carbons (Fsp3) is 0.429. The first-order chi connectivity index (χ1) is 8.72. The molecule has 1 saturated heterocycles. The number of hydrogen-bond acceptors (Lipinski definition) is 3. The Hall–Kier alpha value is -1.86. The second kappa shape index (κ2) is 5.65. The molecule has 4 heteroatoms. The van der Waals surface area contributed by atoms with Crippen molar-refractivity contribution < 1.29 is 4.79 Å². The van der Waals surface area contributed by atoms with Crippen LogP contribution in [0.5, 0.6) is 0 Å². The zero-order valence-electron chi connectivity index (χ0n) is 10.5. The van der Waals surface area contributed by atoms with E-state index in [0.717, 1.165) is 25.9 Å². The van der Waals surface area contributed by atoms with Crippen molar-refractivity contribution in [2.24, 2.45) is 0 Å². The summed E-state index contributed by atoms with van der Waals surface area (Å²) >= 11 is 0. The highest BCUT2D eigenvalue weighted by Crippen LogP contribution is 2.14. The predicted molar refractivity (Wildman–Crippen MR) is 69.1 cm³/mol. The number of piperidine rings is 1. The van der Waals surface area contributed by atoms with Gasteiger partial charge < -0.3 is 10.2 Å². The van der Waals surface area contributed by atoms with Crippen molar-refractivity contribution in [2.45, 2.75) is 18.9 Å². The number of benzene rings is 1. The van der Waals surface area contributed by atoms with Crippen molar-refractivity contribution in [1.29, 1.82) is 5.26 Å². The molecule has 0 atom stereocenters. The molecule has 1 aromatic carbocycles. The van der Waals surface area contributed by atoms with Gasteiger partial charge in [0.2, 0.25) is 0 Å². The van der Waals surface area contributed by atoms with Gasteiger partial charge in [0.25, 0.3) is 5.91 Å². The van der Waals surface area contributed by atoms with Crippen molar-refractivity contribution in [3.8, 4) is 6.07 Å². The molecule has 1 aliphatic rings. The van der Waals surface area contributed by atoms with E-state index in [9.17, 15) is 4.79 Å². The largest absolute Gasteiger partial charge is 0.339 e. The number of amides is 1. The Bertz CT molecular complexity index is 472. The van der Waals surface area contributed by atoms with Crippen LogP contribution in [0.25, 0.3) is 0 Å². The molecule has 0 aliphatic carbocycles. The Morgan fingerprint density at radius 2 is 2.17 bits per heavy atom. The van der Waals surface area contributed by atoms with Gasteiger partial charge in [0, 0.05) is 18.7 Å². The lowest BCUT2D eigenvalue weighted by Gasteiger charge is -2.31. The fourth-order valence-electron chi connectivity index (χ4n) is 2.29. The van der Waals surface area contributed by atoms with Crippen LogP contribution in [0.3, 0.4) is 0 Å². The van der Waals surface area contributed by atoms with Crippen LogP contribution < -0.4 is 5.32 Å². The van der Waals surface area contributed by atoms with Crippen LogP contribution in [-0.4, -0.2) is 37.0 Å². The zero-order chi connectivity index (χ0) is 13.0. The Morgan fingerprint density at radius 1 is 1.44 bits per heavy atom. The molecule has 94 valence electrons. The quantitative estimate of drug-likeness (QED) is 0.853. The van der Waals surface area contributed by atoms with Gasteiger partial charge in [-0.3, -0.25) is 4.79 Å². The van der Waals surface area contributed by atoms with Gasteiger partial charge in [-0.15, -0.1) is 0 Å². The summed E-state index contributed by atoms with van der Waals surface area (Å²) < 4.78 is 0. The monoisotopic (exact) mass is 243 g/mol. The van der Waals surface area contributed by atoms with Gasteiger partial charge in [-0.25, -0.2) is 0 Å². The van der Waals surface area contributed by atoms with Crippen molar-refractivity contribution in [3.05, 3.63) is 35.4 Å². The number of carbonyl (C=O) groups excluding carboxylic acids is 1. The van der Waals surface area contributed by atoms with Crippen molar-refractivity contribution in [3.63, 3.8) is 0 Å². The topological polar surface area (TPSA) is 56.1 Å². The van der Waals surface area contributed by atoms with Gasteiger partial charge in [-0.2, -0.15) is 5.26 Å². The van der Waals surface area contributed by atoms with Crippen molar-refractivity contribution >= 4 is 5.91 Å². The summed E-state index contributed by atoms with van der Waals surface area (Å²) in [5.41, 5.74) is 1.12. The van der Waals surface area contributed by atoms with E-state index < -0.39 is 0 Å². The maximum absolute atomic E-state index is 12.3. The fourth-order valence-corrected chi connectivity index (χ4v) is 2.29. The Kier molecular flexibility index (Phi) is 3.96. The highest BCUT2D eigenvalue weighted by molar-refractivity contribution is 5.94. The van der Waals surface area contributed by atoms with Gasteiger partial charge in [-0.1, -0.05) is 6.07 Å². The summed E-state index contributed by atoms with van der Waals surface area (Å²) in [6, 6.07) is 9.23.